The molecule has 0 bridgehead atoms. The molecule has 136 valence electrons. The second kappa shape index (κ2) is 6.90. The Bertz CT molecular complexity index is 691. The van der Waals surface area contributed by atoms with E-state index in [0.717, 1.165) is 51.1 Å². The molecule has 6 nitrogen and oxygen atoms in total. The predicted octanol–water partition coefficient (Wildman–Crippen LogP) is 1.45. The van der Waals surface area contributed by atoms with Gasteiger partial charge in [0, 0.05) is 57.0 Å². The van der Waals surface area contributed by atoms with Crippen LogP contribution in [0.2, 0.25) is 0 Å². The van der Waals surface area contributed by atoms with E-state index in [0.29, 0.717) is 24.3 Å². The highest BCUT2D eigenvalue weighted by Crippen LogP contribution is 2.38. The van der Waals surface area contributed by atoms with Gasteiger partial charge in [-0.25, -0.2) is 4.68 Å². The van der Waals surface area contributed by atoms with Crippen LogP contribution in [0.15, 0.2) is 16.9 Å². The molecule has 1 aromatic heterocycles. The van der Waals surface area contributed by atoms with Crippen molar-refractivity contribution >= 4 is 5.91 Å². The predicted molar refractivity (Wildman–Crippen MR) is 95.4 cm³/mol. The first-order chi connectivity index (χ1) is 12.1. The maximum Gasteiger partial charge on any atom is 0.266 e. The van der Waals surface area contributed by atoms with Crippen molar-refractivity contribution < 1.29 is 4.79 Å². The van der Waals surface area contributed by atoms with Gasteiger partial charge in [-0.3, -0.25) is 9.59 Å². The van der Waals surface area contributed by atoms with Crippen LogP contribution in [0.1, 0.15) is 50.1 Å². The first kappa shape index (κ1) is 16.8. The molecular formula is C19H28N4O2. The van der Waals surface area contributed by atoms with Crippen molar-refractivity contribution in [1.82, 2.24) is 19.6 Å². The summed E-state index contributed by atoms with van der Waals surface area (Å²) in [4.78, 5) is 28.4. The van der Waals surface area contributed by atoms with Crippen molar-refractivity contribution in [1.29, 1.82) is 0 Å². The molecule has 4 rings (SSSR count). The van der Waals surface area contributed by atoms with E-state index in [-0.39, 0.29) is 11.5 Å². The van der Waals surface area contributed by atoms with Gasteiger partial charge in [-0.1, -0.05) is 6.42 Å². The zero-order chi connectivity index (χ0) is 17.4. The van der Waals surface area contributed by atoms with Crippen molar-refractivity contribution in [2.45, 2.75) is 57.0 Å². The monoisotopic (exact) mass is 344 g/mol. The lowest BCUT2D eigenvalue weighted by Crippen LogP contribution is -2.54. The number of nitrogens with zero attached hydrogens (tertiary/aromatic N) is 4. The average molecular weight is 344 g/mol. The summed E-state index contributed by atoms with van der Waals surface area (Å²) in [5.74, 6) is 1.35. The van der Waals surface area contributed by atoms with Crippen molar-refractivity contribution in [2.75, 3.05) is 26.7 Å². The second-order valence-corrected chi connectivity index (χ2v) is 8.04. The number of hydrogen-bond acceptors (Lipinski definition) is 4. The molecule has 1 atom stereocenters. The number of carbonyl (C=O) groups excluding carboxylic acids is 1. The Kier molecular flexibility index (Phi) is 4.63. The lowest BCUT2D eigenvalue weighted by Gasteiger charge is -2.42. The average Bonchev–Trinajstić information content (AvgIpc) is 3.40. The SMILES string of the molecule is CN1C(=O)CCCCC1CN1CC(Cn2nc(C3CC3)ccc2=O)C1. The highest BCUT2D eigenvalue weighted by molar-refractivity contribution is 5.76. The van der Waals surface area contributed by atoms with Crippen molar-refractivity contribution in [3.05, 3.63) is 28.2 Å². The Labute approximate surface area is 148 Å². The molecule has 3 aliphatic rings. The van der Waals surface area contributed by atoms with Crippen LogP contribution in [0.5, 0.6) is 0 Å². The van der Waals surface area contributed by atoms with E-state index in [1.54, 1.807) is 10.7 Å². The van der Waals surface area contributed by atoms with Gasteiger partial charge in [0.2, 0.25) is 5.91 Å². The molecular weight excluding hydrogens is 316 g/mol. The molecule has 25 heavy (non-hydrogen) atoms. The molecule has 1 aliphatic carbocycles. The van der Waals surface area contributed by atoms with Crippen molar-refractivity contribution in [2.24, 2.45) is 5.92 Å². The first-order valence-corrected chi connectivity index (χ1v) is 9.66. The topological polar surface area (TPSA) is 58.4 Å². The molecule has 3 fully saturated rings. The van der Waals surface area contributed by atoms with Gasteiger partial charge in [0.15, 0.2) is 0 Å². The van der Waals surface area contributed by atoms with E-state index in [9.17, 15) is 9.59 Å². The van der Waals surface area contributed by atoms with Gasteiger partial charge in [-0.15, -0.1) is 0 Å². The van der Waals surface area contributed by atoms with Gasteiger partial charge in [0.1, 0.15) is 0 Å². The van der Waals surface area contributed by atoms with Crippen LogP contribution in [-0.4, -0.2) is 58.2 Å². The van der Waals surface area contributed by atoms with Crippen LogP contribution >= 0.6 is 0 Å². The van der Waals surface area contributed by atoms with Crippen LogP contribution in [0.25, 0.3) is 0 Å². The van der Waals surface area contributed by atoms with Gasteiger partial charge in [0.25, 0.3) is 5.56 Å². The fraction of sp³-hybridized carbons (Fsp3) is 0.737. The molecule has 1 aromatic rings. The normalized spacial score (nSPS) is 25.7. The smallest absolute Gasteiger partial charge is 0.266 e. The molecule has 1 amide bonds. The molecule has 2 saturated heterocycles. The Morgan fingerprint density at radius 2 is 1.88 bits per heavy atom. The molecule has 1 unspecified atom stereocenters. The molecule has 3 heterocycles. The quantitative estimate of drug-likeness (QED) is 0.811. The third-order valence-corrected chi connectivity index (χ3v) is 5.93. The van der Waals surface area contributed by atoms with Gasteiger partial charge < -0.3 is 9.80 Å². The van der Waals surface area contributed by atoms with Crippen LogP contribution in [-0.2, 0) is 11.3 Å². The number of amides is 1. The molecule has 0 spiro atoms. The van der Waals surface area contributed by atoms with E-state index in [4.69, 9.17) is 0 Å². The third-order valence-electron chi connectivity index (χ3n) is 5.93. The summed E-state index contributed by atoms with van der Waals surface area (Å²) in [6, 6.07) is 3.90. The van der Waals surface area contributed by atoms with Gasteiger partial charge >= 0.3 is 0 Å². The maximum absolute atomic E-state index is 12.0. The summed E-state index contributed by atoms with van der Waals surface area (Å²) >= 11 is 0. The molecule has 0 aromatic carbocycles. The minimum absolute atomic E-state index is 0.0111. The summed E-state index contributed by atoms with van der Waals surface area (Å²) in [6.07, 6.45) is 6.38. The Balaban J connectivity index is 1.30. The van der Waals surface area contributed by atoms with Crippen molar-refractivity contribution in [3.63, 3.8) is 0 Å². The summed E-state index contributed by atoms with van der Waals surface area (Å²) in [5, 5.41) is 4.56. The highest BCUT2D eigenvalue weighted by Gasteiger charge is 2.32. The van der Waals surface area contributed by atoms with Gasteiger partial charge in [0.05, 0.1) is 12.2 Å². The highest BCUT2D eigenvalue weighted by atomic mass is 16.2. The van der Waals surface area contributed by atoms with E-state index >= 15 is 0 Å². The van der Waals surface area contributed by atoms with Crippen LogP contribution in [0, 0.1) is 5.92 Å². The third kappa shape index (κ3) is 3.78. The van der Waals surface area contributed by atoms with E-state index in [2.05, 4.69) is 10.00 Å². The number of likely N-dealkylation sites (tertiary alicyclic amines) is 2. The molecule has 1 saturated carbocycles. The van der Waals surface area contributed by atoms with Gasteiger partial charge in [-0.05, 0) is 31.7 Å². The van der Waals surface area contributed by atoms with Crippen LogP contribution < -0.4 is 5.56 Å². The standard InChI is InChI=1S/C19H28N4O2/c1-21-16(4-2-3-5-18(21)24)13-22-10-14(11-22)12-23-19(25)9-8-17(20-23)15-6-7-15/h8-9,14-16H,2-7,10-13H2,1H3. The van der Waals surface area contributed by atoms with Crippen LogP contribution in [0.3, 0.4) is 0 Å². The minimum atomic E-state index is 0.0111. The Morgan fingerprint density at radius 1 is 1.08 bits per heavy atom. The largest absolute Gasteiger partial charge is 0.341 e. The lowest BCUT2D eigenvalue weighted by molar-refractivity contribution is -0.132. The minimum Gasteiger partial charge on any atom is -0.341 e. The number of rotatable bonds is 5. The van der Waals surface area contributed by atoms with E-state index in [1.165, 1.54) is 12.8 Å². The zero-order valence-corrected chi connectivity index (χ0v) is 15.1. The maximum atomic E-state index is 12.0. The number of likely N-dealkylation sites (N-methyl/N-ethyl adjacent to an activating group) is 1. The molecule has 6 heteroatoms. The fourth-order valence-corrected chi connectivity index (χ4v) is 4.12. The molecule has 2 aliphatic heterocycles. The summed E-state index contributed by atoms with van der Waals surface area (Å²) < 4.78 is 1.66. The van der Waals surface area contributed by atoms with E-state index in [1.807, 2.05) is 18.0 Å². The number of carbonyl (C=O) groups is 1. The first-order valence-electron chi connectivity index (χ1n) is 9.66. The number of aromatic nitrogens is 2. The van der Waals surface area contributed by atoms with Crippen molar-refractivity contribution in [3.8, 4) is 0 Å². The lowest BCUT2D eigenvalue weighted by atomic mass is 9.98. The molecule has 0 N–H and O–H groups in total. The van der Waals surface area contributed by atoms with E-state index < -0.39 is 0 Å². The van der Waals surface area contributed by atoms with Gasteiger partial charge in [-0.2, -0.15) is 5.10 Å². The summed E-state index contributed by atoms with van der Waals surface area (Å²) in [6.45, 7) is 3.68. The Hall–Kier alpha value is -1.69. The van der Waals surface area contributed by atoms with Crippen LogP contribution in [0.4, 0.5) is 0 Å². The summed E-state index contributed by atoms with van der Waals surface area (Å²) in [5.41, 5.74) is 1.09. The fourth-order valence-electron chi connectivity index (χ4n) is 4.12. The Morgan fingerprint density at radius 3 is 2.64 bits per heavy atom. The summed E-state index contributed by atoms with van der Waals surface area (Å²) in [7, 11) is 1.95. The second-order valence-electron chi connectivity index (χ2n) is 8.04. The molecule has 0 radical (unpaired) electrons. The zero-order valence-electron chi connectivity index (χ0n) is 15.1. The number of hydrogen-bond donors (Lipinski definition) is 0.